The maximum absolute atomic E-state index is 13.5. The van der Waals surface area contributed by atoms with E-state index in [0.29, 0.717) is 13.0 Å². The first-order chi connectivity index (χ1) is 10.6. The summed E-state index contributed by atoms with van der Waals surface area (Å²) in [6, 6.07) is 10.5. The number of carbonyl (C=O) groups excluding carboxylic acids is 1. The Bertz CT molecular complexity index is 659. The average Bonchev–Trinajstić information content (AvgIpc) is 2.49. The lowest BCUT2D eigenvalue weighted by atomic mass is 10.1. The highest BCUT2D eigenvalue weighted by molar-refractivity contribution is 5.90. The number of ether oxygens (including phenoxy) is 1. The van der Waals surface area contributed by atoms with Crippen molar-refractivity contribution in [3.8, 4) is 5.75 Å². The number of para-hydroxylation sites is 1. The van der Waals surface area contributed by atoms with Gasteiger partial charge >= 0.3 is 0 Å². The number of rotatable bonds is 6. The van der Waals surface area contributed by atoms with E-state index in [1.807, 2.05) is 31.2 Å². The molecule has 0 spiro atoms. The van der Waals surface area contributed by atoms with Crippen LogP contribution in [0.5, 0.6) is 5.75 Å². The van der Waals surface area contributed by atoms with Gasteiger partial charge in [0.1, 0.15) is 17.4 Å². The molecule has 0 aliphatic rings. The fraction of sp³-hybridized carbons (Fsp3) is 0.235. The first-order valence-electron chi connectivity index (χ1n) is 7.05. The fourth-order valence-corrected chi connectivity index (χ4v) is 2.06. The molecule has 3 nitrogen and oxygen atoms in total. The Morgan fingerprint density at radius 2 is 1.95 bits per heavy atom. The van der Waals surface area contributed by atoms with Crippen molar-refractivity contribution in [2.24, 2.45) is 0 Å². The number of anilines is 1. The molecule has 0 heterocycles. The van der Waals surface area contributed by atoms with Crippen LogP contribution in [0.25, 0.3) is 0 Å². The lowest BCUT2D eigenvalue weighted by Gasteiger charge is -2.10. The third kappa shape index (κ3) is 4.28. The van der Waals surface area contributed by atoms with E-state index >= 15 is 0 Å². The van der Waals surface area contributed by atoms with Gasteiger partial charge in [0.05, 0.1) is 12.3 Å². The highest BCUT2D eigenvalue weighted by Crippen LogP contribution is 2.20. The topological polar surface area (TPSA) is 38.3 Å². The number of hydrogen-bond donors (Lipinski definition) is 1. The number of carbonyl (C=O) groups is 1. The van der Waals surface area contributed by atoms with Gasteiger partial charge in [-0.2, -0.15) is 0 Å². The minimum Gasteiger partial charge on any atom is -0.494 e. The van der Waals surface area contributed by atoms with Gasteiger partial charge in [-0.1, -0.05) is 18.2 Å². The lowest BCUT2D eigenvalue weighted by Crippen LogP contribution is -2.13. The molecular formula is C17H17F2NO2. The molecule has 0 radical (unpaired) electrons. The Labute approximate surface area is 127 Å². The number of amides is 1. The molecule has 2 aromatic carbocycles. The van der Waals surface area contributed by atoms with Gasteiger partial charge in [-0.3, -0.25) is 4.79 Å². The molecule has 0 aliphatic carbocycles. The number of aryl methyl sites for hydroxylation is 1. The maximum atomic E-state index is 13.5. The maximum Gasteiger partial charge on any atom is 0.224 e. The Kier molecular flexibility index (Phi) is 5.47. The van der Waals surface area contributed by atoms with Gasteiger partial charge in [-0.05, 0) is 37.1 Å². The summed E-state index contributed by atoms with van der Waals surface area (Å²) in [5.74, 6) is -1.06. The zero-order valence-electron chi connectivity index (χ0n) is 12.2. The van der Waals surface area contributed by atoms with Crippen molar-refractivity contribution in [2.45, 2.75) is 19.8 Å². The highest BCUT2D eigenvalue weighted by atomic mass is 19.1. The van der Waals surface area contributed by atoms with Crippen molar-refractivity contribution in [3.63, 3.8) is 0 Å². The molecule has 0 atom stereocenters. The van der Waals surface area contributed by atoms with Gasteiger partial charge in [0.2, 0.25) is 5.91 Å². The van der Waals surface area contributed by atoms with Crippen LogP contribution in [0, 0.1) is 11.6 Å². The molecule has 0 saturated heterocycles. The summed E-state index contributed by atoms with van der Waals surface area (Å²) in [7, 11) is 0. The number of halogens is 2. The van der Waals surface area contributed by atoms with Crippen molar-refractivity contribution >= 4 is 11.6 Å². The number of hydrogen-bond acceptors (Lipinski definition) is 2. The molecule has 0 fully saturated rings. The Morgan fingerprint density at radius 1 is 1.18 bits per heavy atom. The highest BCUT2D eigenvalue weighted by Gasteiger charge is 2.10. The largest absolute Gasteiger partial charge is 0.494 e. The van der Waals surface area contributed by atoms with E-state index in [1.54, 1.807) is 0 Å². The predicted molar refractivity (Wildman–Crippen MR) is 80.9 cm³/mol. The quantitative estimate of drug-likeness (QED) is 0.878. The summed E-state index contributed by atoms with van der Waals surface area (Å²) in [6.45, 7) is 2.44. The van der Waals surface area contributed by atoms with Crippen LogP contribution in [-0.4, -0.2) is 12.5 Å². The van der Waals surface area contributed by atoms with Gasteiger partial charge in [0, 0.05) is 12.5 Å². The minimum absolute atomic E-state index is 0.0236. The van der Waals surface area contributed by atoms with E-state index in [9.17, 15) is 13.6 Å². The second kappa shape index (κ2) is 7.54. The van der Waals surface area contributed by atoms with Crippen LogP contribution in [0.15, 0.2) is 42.5 Å². The third-order valence-corrected chi connectivity index (χ3v) is 3.10. The summed E-state index contributed by atoms with van der Waals surface area (Å²) in [4.78, 5) is 11.9. The molecule has 1 N–H and O–H groups in total. The molecule has 22 heavy (non-hydrogen) atoms. The van der Waals surface area contributed by atoms with E-state index < -0.39 is 11.6 Å². The minimum atomic E-state index is -0.789. The van der Waals surface area contributed by atoms with Crippen molar-refractivity contribution in [2.75, 3.05) is 11.9 Å². The van der Waals surface area contributed by atoms with Crippen molar-refractivity contribution in [1.29, 1.82) is 0 Å². The Morgan fingerprint density at radius 3 is 2.68 bits per heavy atom. The molecule has 0 unspecified atom stereocenters. The van der Waals surface area contributed by atoms with Crippen LogP contribution in [0.1, 0.15) is 18.9 Å². The monoisotopic (exact) mass is 305 g/mol. The first-order valence-corrected chi connectivity index (χ1v) is 7.05. The van der Waals surface area contributed by atoms with E-state index in [2.05, 4.69) is 5.32 Å². The smallest absolute Gasteiger partial charge is 0.224 e. The van der Waals surface area contributed by atoms with E-state index in [4.69, 9.17) is 4.74 Å². The van der Waals surface area contributed by atoms with Crippen LogP contribution in [0.2, 0.25) is 0 Å². The van der Waals surface area contributed by atoms with Crippen LogP contribution in [0.4, 0.5) is 14.5 Å². The summed E-state index contributed by atoms with van der Waals surface area (Å²) in [6.07, 6.45) is 0.658. The van der Waals surface area contributed by atoms with Crippen LogP contribution < -0.4 is 10.1 Å². The molecule has 0 aliphatic heterocycles. The first kappa shape index (κ1) is 15.9. The summed E-state index contributed by atoms with van der Waals surface area (Å²) >= 11 is 0. The van der Waals surface area contributed by atoms with Crippen molar-refractivity contribution in [3.05, 3.63) is 59.7 Å². The zero-order chi connectivity index (χ0) is 15.9. The van der Waals surface area contributed by atoms with Crippen LogP contribution in [0.3, 0.4) is 0 Å². The average molecular weight is 305 g/mol. The summed E-state index contributed by atoms with van der Waals surface area (Å²) in [5.41, 5.74) is 0.892. The lowest BCUT2D eigenvalue weighted by molar-refractivity contribution is -0.116. The molecule has 1 amide bonds. The second-order valence-corrected chi connectivity index (χ2v) is 4.71. The van der Waals surface area contributed by atoms with Crippen molar-refractivity contribution < 1.29 is 18.3 Å². The van der Waals surface area contributed by atoms with Crippen LogP contribution in [-0.2, 0) is 11.2 Å². The molecule has 116 valence electrons. The Hall–Kier alpha value is -2.43. The Balaban J connectivity index is 1.95. The third-order valence-electron chi connectivity index (χ3n) is 3.10. The van der Waals surface area contributed by atoms with E-state index in [0.717, 1.165) is 23.4 Å². The van der Waals surface area contributed by atoms with Gasteiger partial charge in [0.15, 0.2) is 0 Å². The van der Waals surface area contributed by atoms with Gasteiger partial charge in [-0.15, -0.1) is 0 Å². The molecule has 0 bridgehead atoms. The molecule has 5 heteroatoms. The van der Waals surface area contributed by atoms with Gasteiger partial charge in [0.25, 0.3) is 0 Å². The predicted octanol–water partition coefficient (Wildman–Crippen LogP) is 3.93. The van der Waals surface area contributed by atoms with Gasteiger partial charge < -0.3 is 10.1 Å². The number of benzene rings is 2. The van der Waals surface area contributed by atoms with E-state index in [1.165, 1.54) is 6.07 Å². The normalized spacial score (nSPS) is 10.3. The molecule has 2 rings (SSSR count). The van der Waals surface area contributed by atoms with Crippen LogP contribution >= 0.6 is 0 Å². The zero-order valence-corrected chi connectivity index (χ0v) is 12.2. The molecule has 0 saturated carbocycles. The molecule has 2 aromatic rings. The number of nitrogens with one attached hydrogen (secondary N) is 1. The molecule has 0 aromatic heterocycles. The van der Waals surface area contributed by atoms with E-state index in [-0.39, 0.29) is 18.0 Å². The SMILES string of the molecule is CCOc1ccccc1CCC(=O)Nc1ccc(F)cc1F. The summed E-state index contributed by atoms with van der Waals surface area (Å²) in [5, 5.41) is 2.44. The fourth-order valence-electron chi connectivity index (χ4n) is 2.06. The molecular weight excluding hydrogens is 288 g/mol. The van der Waals surface area contributed by atoms with Crippen molar-refractivity contribution in [1.82, 2.24) is 0 Å². The standard InChI is InChI=1S/C17H17F2NO2/c1-2-22-16-6-4-3-5-12(16)7-10-17(21)20-15-9-8-13(18)11-14(15)19/h3-6,8-9,11H,2,7,10H2,1H3,(H,20,21). The summed E-state index contributed by atoms with van der Waals surface area (Å²) < 4.78 is 31.8. The van der Waals surface area contributed by atoms with Gasteiger partial charge in [-0.25, -0.2) is 8.78 Å². The second-order valence-electron chi connectivity index (χ2n) is 4.71.